The summed E-state index contributed by atoms with van der Waals surface area (Å²) in [7, 11) is 5.68. The SMILES string of the molecule is COCN(C)c1ccc2c(c1)ncn2C. The highest BCUT2D eigenvalue weighted by molar-refractivity contribution is 5.79. The maximum absolute atomic E-state index is 5.08. The second-order valence-electron chi connectivity index (χ2n) is 3.64. The van der Waals surface area contributed by atoms with Crippen LogP contribution >= 0.6 is 0 Å². The molecule has 1 aromatic heterocycles. The largest absolute Gasteiger partial charge is 0.364 e. The number of anilines is 1. The molecule has 80 valence electrons. The number of fused-ring (bicyclic) bond motifs is 1. The first kappa shape index (κ1) is 9.98. The van der Waals surface area contributed by atoms with Crippen molar-refractivity contribution in [1.29, 1.82) is 0 Å². The Labute approximate surface area is 89.1 Å². The van der Waals surface area contributed by atoms with E-state index < -0.39 is 0 Å². The minimum absolute atomic E-state index is 0.582. The Hall–Kier alpha value is -1.55. The molecular formula is C11H15N3O. The fraction of sp³-hybridized carbons (Fsp3) is 0.364. The smallest absolute Gasteiger partial charge is 0.118 e. The van der Waals surface area contributed by atoms with Crippen molar-refractivity contribution in [3.05, 3.63) is 24.5 Å². The van der Waals surface area contributed by atoms with Crippen molar-refractivity contribution in [1.82, 2.24) is 9.55 Å². The molecule has 0 saturated carbocycles. The number of methoxy groups -OCH3 is 1. The molecule has 0 fully saturated rings. The minimum atomic E-state index is 0.582. The Kier molecular flexibility index (Phi) is 2.60. The fourth-order valence-electron chi connectivity index (χ4n) is 1.63. The number of aryl methyl sites for hydroxylation is 1. The lowest BCUT2D eigenvalue weighted by atomic mass is 10.2. The van der Waals surface area contributed by atoms with Crippen molar-refractivity contribution in [3.63, 3.8) is 0 Å². The van der Waals surface area contributed by atoms with Crippen LogP contribution < -0.4 is 4.90 Å². The Morgan fingerprint density at radius 3 is 3.00 bits per heavy atom. The van der Waals surface area contributed by atoms with Crippen molar-refractivity contribution in [2.75, 3.05) is 25.8 Å². The summed E-state index contributed by atoms with van der Waals surface area (Å²) in [5.74, 6) is 0. The van der Waals surface area contributed by atoms with E-state index in [0.717, 1.165) is 16.7 Å². The predicted octanol–water partition coefficient (Wildman–Crippen LogP) is 1.61. The van der Waals surface area contributed by atoms with Gasteiger partial charge in [-0.15, -0.1) is 0 Å². The molecule has 4 heteroatoms. The molecular weight excluding hydrogens is 190 g/mol. The highest BCUT2D eigenvalue weighted by Gasteiger charge is 2.04. The number of ether oxygens (including phenoxy) is 1. The van der Waals surface area contributed by atoms with E-state index in [1.807, 2.05) is 29.9 Å². The molecule has 2 aromatic rings. The minimum Gasteiger partial charge on any atom is -0.364 e. The zero-order chi connectivity index (χ0) is 10.8. The molecule has 0 saturated heterocycles. The first-order chi connectivity index (χ1) is 7.22. The Morgan fingerprint density at radius 1 is 1.47 bits per heavy atom. The van der Waals surface area contributed by atoms with Crippen LogP contribution in [-0.2, 0) is 11.8 Å². The van der Waals surface area contributed by atoms with Gasteiger partial charge < -0.3 is 14.2 Å². The number of hydrogen-bond acceptors (Lipinski definition) is 3. The summed E-state index contributed by atoms with van der Waals surface area (Å²) >= 11 is 0. The highest BCUT2D eigenvalue weighted by Crippen LogP contribution is 2.19. The van der Waals surface area contributed by atoms with E-state index >= 15 is 0 Å². The van der Waals surface area contributed by atoms with E-state index in [9.17, 15) is 0 Å². The number of nitrogens with zero attached hydrogens (tertiary/aromatic N) is 3. The zero-order valence-electron chi connectivity index (χ0n) is 9.27. The molecule has 0 atom stereocenters. The summed E-state index contributed by atoms with van der Waals surface area (Å²) < 4.78 is 7.08. The van der Waals surface area contributed by atoms with Crippen LogP contribution in [-0.4, -0.2) is 30.4 Å². The number of aromatic nitrogens is 2. The summed E-state index contributed by atoms with van der Waals surface area (Å²) in [6.45, 7) is 0.582. The molecule has 2 rings (SSSR count). The molecule has 15 heavy (non-hydrogen) atoms. The van der Waals surface area contributed by atoms with E-state index in [2.05, 4.69) is 23.2 Å². The zero-order valence-corrected chi connectivity index (χ0v) is 9.27. The van der Waals surface area contributed by atoms with Gasteiger partial charge in [0.1, 0.15) is 6.73 Å². The maximum Gasteiger partial charge on any atom is 0.118 e. The van der Waals surface area contributed by atoms with Crippen molar-refractivity contribution in [3.8, 4) is 0 Å². The van der Waals surface area contributed by atoms with Crippen LogP contribution in [0.2, 0.25) is 0 Å². The molecule has 0 aliphatic rings. The lowest BCUT2D eigenvalue weighted by molar-refractivity contribution is 0.202. The molecule has 4 nitrogen and oxygen atoms in total. The molecule has 0 aliphatic heterocycles. The van der Waals surface area contributed by atoms with Gasteiger partial charge in [-0.05, 0) is 18.2 Å². The predicted molar refractivity (Wildman–Crippen MR) is 61.0 cm³/mol. The first-order valence-corrected chi connectivity index (χ1v) is 4.83. The molecule has 0 N–H and O–H groups in total. The second-order valence-corrected chi connectivity index (χ2v) is 3.64. The quantitative estimate of drug-likeness (QED) is 0.713. The molecule has 0 radical (unpaired) electrons. The summed E-state index contributed by atoms with van der Waals surface area (Å²) in [5.41, 5.74) is 3.27. The highest BCUT2D eigenvalue weighted by atomic mass is 16.5. The lowest BCUT2D eigenvalue weighted by Gasteiger charge is -2.17. The van der Waals surface area contributed by atoms with Gasteiger partial charge in [-0.2, -0.15) is 0 Å². The first-order valence-electron chi connectivity index (χ1n) is 4.83. The Balaban J connectivity index is 2.38. The van der Waals surface area contributed by atoms with E-state index in [-0.39, 0.29) is 0 Å². The Morgan fingerprint density at radius 2 is 2.27 bits per heavy atom. The lowest BCUT2D eigenvalue weighted by Crippen LogP contribution is -2.19. The molecule has 1 aromatic carbocycles. The summed E-state index contributed by atoms with van der Waals surface area (Å²) in [5, 5.41) is 0. The average molecular weight is 205 g/mol. The number of rotatable bonds is 3. The van der Waals surface area contributed by atoms with Crippen LogP contribution in [0.5, 0.6) is 0 Å². The third-order valence-corrected chi connectivity index (χ3v) is 2.47. The van der Waals surface area contributed by atoms with Gasteiger partial charge in [-0.1, -0.05) is 0 Å². The third kappa shape index (κ3) is 1.80. The van der Waals surface area contributed by atoms with Gasteiger partial charge >= 0.3 is 0 Å². The topological polar surface area (TPSA) is 30.3 Å². The van der Waals surface area contributed by atoms with Crippen LogP contribution in [0.15, 0.2) is 24.5 Å². The van der Waals surface area contributed by atoms with Crippen LogP contribution in [0.3, 0.4) is 0 Å². The van der Waals surface area contributed by atoms with Crippen LogP contribution in [0.25, 0.3) is 11.0 Å². The Bertz CT molecular complexity index is 464. The van der Waals surface area contributed by atoms with Crippen molar-refractivity contribution in [2.45, 2.75) is 0 Å². The monoisotopic (exact) mass is 205 g/mol. The molecule has 0 aliphatic carbocycles. The van der Waals surface area contributed by atoms with Crippen molar-refractivity contribution >= 4 is 16.7 Å². The third-order valence-electron chi connectivity index (χ3n) is 2.47. The number of imidazole rings is 1. The molecule has 1 heterocycles. The van der Waals surface area contributed by atoms with Crippen LogP contribution in [0.4, 0.5) is 5.69 Å². The van der Waals surface area contributed by atoms with Crippen molar-refractivity contribution < 1.29 is 4.74 Å². The summed E-state index contributed by atoms with van der Waals surface area (Å²) in [4.78, 5) is 6.35. The van der Waals surface area contributed by atoms with E-state index in [0.29, 0.717) is 6.73 Å². The summed E-state index contributed by atoms with van der Waals surface area (Å²) in [6.07, 6.45) is 1.82. The van der Waals surface area contributed by atoms with Gasteiger partial charge in [-0.25, -0.2) is 4.98 Å². The van der Waals surface area contributed by atoms with Crippen LogP contribution in [0, 0.1) is 0 Å². The van der Waals surface area contributed by atoms with E-state index in [1.54, 1.807) is 7.11 Å². The molecule has 0 spiro atoms. The molecule has 0 amide bonds. The van der Waals surface area contributed by atoms with Crippen LogP contribution in [0.1, 0.15) is 0 Å². The fourth-order valence-corrected chi connectivity index (χ4v) is 1.63. The van der Waals surface area contributed by atoms with Gasteiger partial charge in [0.05, 0.1) is 17.4 Å². The average Bonchev–Trinajstić information content (AvgIpc) is 2.60. The maximum atomic E-state index is 5.08. The molecule has 0 unspecified atom stereocenters. The van der Waals surface area contributed by atoms with Gasteiger partial charge in [-0.3, -0.25) is 0 Å². The van der Waals surface area contributed by atoms with Crippen molar-refractivity contribution in [2.24, 2.45) is 7.05 Å². The number of benzene rings is 1. The van der Waals surface area contributed by atoms with Gasteiger partial charge in [0.2, 0.25) is 0 Å². The van der Waals surface area contributed by atoms with E-state index in [4.69, 9.17) is 4.74 Å². The number of hydrogen-bond donors (Lipinski definition) is 0. The van der Waals surface area contributed by atoms with Gasteiger partial charge in [0, 0.05) is 26.9 Å². The second kappa shape index (κ2) is 3.90. The summed E-state index contributed by atoms with van der Waals surface area (Å²) in [6, 6.07) is 6.21. The van der Waals surface area contributed by atoms with E-state index in [1.165, 1.54) is 0 Å². The normalized spacial score (nSPS) is 10.9. The van der Waals surface area contributed by atoms with Gasteiger partial charge in [0.25, 0.3) is 0 Å². The van der Waals surface area contributed by atoms with Gasteiger partial charge in [0.15, 0.2) is 0 Å². The standard InChI is InChI=1S/C11H15N3O/c1-13-7-12-10-6-9(4-5-11(10)13)14(2)8-15-3/h4-7H,8H2,1-3H3. The molecule has 0 bridgehead atoms.